The van der Waals surface area contributed by atoms with Crippen molar-refractivity contribution in [2.75, 3.05) is 6.54 Å². The third-order valence-corrected chi connectivity index (χ3v) is 3.07. The summed E-state index contributed by atoms with van der Waals surface area (Å²) < 4.78 is 0. The highest BCUT2D eigenvalue weighted by molar-refractivity contribution is 6.09. The van der Waals surface area contributed by atoms with E-state index in [0.29, 0.717) is 24.2 Å². The lowest BCUT2D eigenvalue weighted by atomic mass is 10.1. The molecule has 4 heteroatoms. The molecule has 0 unspecified atom stereocenters. The van der Waals surface area contributed by atoms with Crippen molar-refractivity contribution in [1.82, 2.24) is 10.3 Å². The van der Waals surface area contributed by atoms with Gasteiger partial charge in [-0.1, -0.05) is 30.3 Å². The smallest absolute Gasteiger partial charge is 0.268 e. The number of hydrogen-bond acceptors (Lipinski definition) is 2. The molecule has 4 nitrogen and oxygen atoms in total. The maximum Gasteiger partial charge on any atom is 0.268 e. The minimum absolute atomic E-state index is 0.00165. The van der Waals surface area contributed by atoms with Crippen LogP contribution in [0.5, 0.6) is 0 Å². The van der Waals surface area contributed by atoms with Gasteiger partial charge in [-0.05, 0) is 11.6 Å². The van der Waals surface area contributed by atoms with Crippen molar-refractivity contribution in [3.8, 4) is 11.3 Å². The maximum atomic E-state index is 11.9. The fourth-order valence-corrected chi connectivity index (χ4v) is 2.14. The van der Waals surface area contributed by atoms with Crippen LogP contribution in [0.3, 0.4) is 0 Å². The Balaban J connectivity index is 2.11. The maximum absolute atomic E-state index is 11.9. The van der Waals surface area contributed by atoms with Gasteiger partial charge in [-0.2, -0.15) is 0 Å². The number of aromatic amines is 1. The second-order valence-electron chi connectivity index (χ2n) is 4.27. The largest absolute Gasteiger partial charge is 0.350 e. The number of benzene rings is 1. The van der Waals surface area contributed by atoms with E-state index in [0.717, 1.165) is 11.3 Å². The van der Waals surface area contributed by atoms with Gasteiger partial charge in [0.2, 0.25) is 0 Å². The van der Waals surface area contributed by atoms with Crippen molar-refractivity contribution in [3.05, 3.63) is 47.7 Å². The Morgan fingerprint density at radius 1 is 1.06 bits per heavy atom. The topological polar surface area (TPSA) is 62.0 Å². The molecule has 0 saturated heterocycles. The van der Waals surface area contributed by atoms with Gasteiger partial charge in [0.1, 0.15) is 5.69 Å². The van der Waals surface area contributed by atoms with Crippen LogP contribution in [0.1, 0.15) is 27.3 Å². The normalized spacial score (nSPS) is 14.9. The number of rotatable bonds is 1. The molecule has 1 amide bonds. The van der Waals surface area contributed by atoms with Crippen LogP contribution in [0, 0.1) is 0 Å². The van der Waals surface area contributed by atoms with Gasteiger partial charge in [-0.25, -0.2) is 0 Å². The molecule has 0 spiro atoms. The zero-order chi connectivity index (χ0) is 12.5. The van der Waals surface area contributed by atoms with Gasteiger partial charge < -0.3 is 10.3 Å². The summed E-state index contributed by atoms with van der Waals surface area (Å²) in [5.41, 5.74) is 2.62. The molecule has 0 bridgehead atoms. The predicted octanol–water partition coefficient (Wildman–Crippen LogP) is 2.00. The number of ketones is 1. The fraction of sp³-hybridized carbons (Fsp3) is 0.143. The molecule has 1 aliphatic heterocycles. The third kappa shape index (κ3) is 1.72. The van der Waals surface area contributed by atoms with E-state index in [1.165, 1.54) is 0 Å². The number of amides is 1. The minimum Gasteiger partial charge on any atom is -0.350 e. The third-order valence-electron chi connectivity index (χ3n) is 3.07. The molecule has 0 saturated carbocycles. The second-order valence-corrected chi connectivity index (χ2v) is 4.27. The Morgan fingerprint density at radius 2 is 1.83 bits per heavy atom. The minimum atomic E-state index is -0.210. The molecule has 2 aromatic rings. The molecule has 3 rings (SSSR count). The first-order valence-corrected chi connectivity index (χ1v) is 5.85. The first kappa shape index (κ1) is 10.8. The second kappa shape index (κ2) is 4.14. The zero-order valence-electron chi connectivity index (χ0n) is 9.69. The standard InChI is InChI=1S/C14H12N2O2/c17-12-6-7-15-14(18)13-10(12)8-11(16-13)9-4-2-1-3-5-9/h1-5,8,16H,6-7H2,(H,15,18). The molecule has 0 radical (unpaired) electrons. The van der Waals surface area contributed by atoms with Crippen LogP contribution in [0.25, 0.3) is 11.3 Å². The fourth-order valence-electron chi connectivity index (χ4n) is 2.14. The molecular formula is C14H12N2O2. The van der Waals surface area contributed by atoms with Crippen LogP contribution >= 0.6 is 0 Å². The van der Waals surface area contributed by atoms with Crippen LogP contribution in [-0.2, 0) is 0 Å². The predicted molar refractivity (Wildman–Crippen MR) is 67.5 cm³/mol. The number of carbonyl (C=O) groups excluding carboxylic acids is 2. The lowest BCUT2D eigenvalue weighted by Crippen LogP contribution is -2.23. The van der Waals surface area contributed by atoms with Gasteiger partial charge in [0, 0.05) is 24.2 Å². The van der Waals surface area contributed by atoms with E-state index in [2.05, 4.69) is 10.3 Å². The number of H-pyrrole nitrogens is 1. The van der Waals surface area contributed by atoms with E-state index in [1.54, 1.807) is 6.07 Å². The molecule has 2 heterocycles. The highest BCUT2D eigenvalue weighted by atomic mass is 16.2. The van der Waals surface area contributed by atoms with Crippen molar-refractivity contribution < 1.29 is 9.59 Å². The van der Waals surface area contributed by atoms with Crippen molar-refractivity contribution in [3.63, 3.8) is 0 Å². The van der Waals surface area contributed by atoms with Crippen molar-refractivity contribution in [2.45, 2.75) is 6.42 Å². The van der Waals surface area contributed by atoms with Crippen molar-refractivity contribution >= 4 is 11.7 Å². The van der Waals surface area contributed by atoms with Gasteiger partial charge >= 0.3 is 0 Å². The number of aromatic nitrogens is 1. The number of hydrogen-bond donors (Lipinski definition) is 2. The molecular weight excluding hydrogens is 228 g/mol. The summed E-state index contributed by atoms with van der Waals surface area (Å²) in [7, 11) is 0. The Kier molecular flexibility index (Phi) is 2.48. The van der Waals surface area contributed by atoms with Crippen LogP contribution in [0.4, 0.5) is 0 Å². The van der Waals surface area contributed by atoms with E-state index < -0.39 is 0 Å². The van der Waals surface area contributed by atoms with Crippen LogP contribution in [0.15, 0.2) is 36.4 Å². The van der Waals surface area contributed by atoms with E-state index in [4.69, 9.17) is 0 Å². The van der Waals surface area contributed by atoms with E-state index in [9.17, 15) is 9.59 Å². The Bertz CT molecular complexity index is 580. The lowest BCUT2D eigenvalue weighted by molar-refractivity contribution is 0.0952. The van der Waals surface area contributed by atoms with Crippen LogP contribution in [0.2, 0.25) is 0 Å². The van der Waals surface area contributed by atoms with Crippen LogP contribution < -0.4 is 5.32 Å². The molecule has 0 aliphatic carbocycles. The van der Waals surface area contributed by atoms with E-state index >= 15 is 0 Å². The summed E-state index contributed by atoms with van der Waals surface area (Å²) in [5.74, 6) is -0.209. The quantitative estimate of drug-likeness (QED) is 0.800. The van der Waals surface area contributed by atoms with E-state index in [1.807, 2.05) is 30.3 Å². The summed E-state index contributed by atoms with van der Waals surface area (Å²) >= 11 is 0. The Hall–Kier alpha value is -2.36. The SMILES string of the molecule is O=C1CCNC(=O)c2[nH]c(-c3ccccc3)cc21. The summed E-state index contributed by atoms with van der Waals surface area (Å²) in [6.45, 7) is 0.404. The Morgan fingerprint density at radius 3 is 2.61 bits per heavy atom. The van der Waals surface area contributed by atoms with Gasteiger partial charge in [-0.15, -0.1) is 0 Å². The number of fused-ring (bicyclic) bond motifs is 1. The summed E-state index contributed by atoms with van der Waals surface area (Å²) in [4.78, 5) is 26.7. The van der Waals surface area contributed by atoms with Gasteiger partial charge in [0.25, 0.3) is 5.91 Å². The monoisotopic (exact) mass is 240 g/mol. The number of carbonyl (C=O) groups is 2. The number of Topliss-reactive ketones (excluding diaryl/α,β-unsaturated/α-hetero) is 1. The summed E-state index contributed by atoms with van der Waals surface area (Å²) in [6, 6.07) is 11.4. The highest BCUT2D eigenvalue weighted by Gasteiger charge is 2.23. The molecule has 1 aromatic carbocycles. The molecule has 0 fully saturated rings. The first-order chi connectivity index (χ1) is 8.75. The first-order valence-electron chi connectivity index (χ1n) is 5.85. The van der Waals surface area contributed by atoms with Gasteiger partial charge in [-0.3, -0.25) is 9.59 Å². The molecule has 1 aromatic heterocycles. The molecule has 18 heavy (non-hydrogen) atoms. The number of nitrogens with one attached hydrogen (secondary N) is 2. The molecule has 90 valence electrons. The zero-order valence-corrected chi connectivity index (χ0v) is 9.69. The molecule has 1 aliphatic rings. The van der Waals surface area contributed by atoms with E-state index in [-0.39, 0.29) is 11.7 Å². The Labute approximate surface area is 104 Å². The van der Waals surface area contributed by atoms with Crippen molar-refractivity contribution in [2.24, 2.45) is 0 Å². The highest BCUT2D eigenvalue weighted by Crippen LogP contribution is 2.23. The van der Waals surface area contributed by atoms with Gasteiger partial charge in [0.15, 0.2) is 5.78 Å². The summed E-state index contributed by atoms with van der Waals surface area (Å²) in [5, 5.41) is 2.70. The van der Waals surface area contributed by atoms with Crippen LogP contribution in [-0.4, -0.2) is 23.2 Å². The average Bonchev–Trinajstić information content (AvgIpc) is 2.80. The summed E-state index contributed by atoms with van der Waals surface area (Å²) in [6.07, 6.45) is 0.352. The average molecular weight is 240 g/mol. The lowest BCUT2D eigenvalue weighted by Gasteiger charge is -1.99. The van der Waals surface area contributed by atoms with Crippen molar-refractivity contribution in [1.29, 1.82) is 0 Å². The molecule has 0 atom stereocenters. The molecule has 2 N–H and O–H groups in total. The van der Waals surface area contributed by atoms with Gasteiger partial charge in [0.05, 0.1) is 0 Å².